The average molecular weight is 459 g/mol. The minimum absolute atomic E-state index is 0.0136. The monoisotopic (exact) mass is 458 g/mol. The highest BCUT2D eigenvalue weighted by Crippen LogP contribution is 2.07. The molecule has 13 heteroatoms. The molecule has 0 aromatic carbocycles. The predicted molar refractivity (Wildman–Crippen MR) is 114 cm³/mol. The van der Waals surface area contributed by atoms with Crippen LogP contribution >= 0.6 is 12.6 Å². The number of carboxylic acid groups (broad SMARTS) is 1. The number of hydrogen-bond acceptors (Lipinski definition) is 8. The third-order valence-corrected chi connectivity index (χ3v) is 4.65. The summed E-state index contributed by atoms with van der Waals surface area (Å²) >= 11 is 3.89. The van der Waals surface area contributed by atoms with Crippen molar-refractivity contribution in [3.8, 4) is 0 Å². The number of nitrogens with zero attached hydrogens (tertiary/aromatic N) is 1. The average Bonchev–Trinajstić information content (AvgIpc) is 3.21. The van der Waals surface area contributed by atoms with Gasteiger partial charge in [0.1, 0.15) is 18.1 Å². The van der Waals surface area contributed by atoms with Gasteiger partial charge in [-0.1, -0.05) is 13.8 Å². The summed E-state index contributed by atoms with van der Waals surface area (Å²) in [5, 5.41) is 25.8. The number of nitrogens with one attached hydrogen (secondary N) is 4. The normalized spacial score (nSPS) is 14.9. The third kappa shape index (κ3) is 8.94. The van der Waals surface area contributed by atoms with Gasteiger partial charge in [-0.3, -0.25) is 14.4 Å². The number of nitrogens with two attached hydrogens (primary N) is 1. The number of imidazole rings is 1. The number of hydrogen-bond donors (Lipinski definition) is 8. The minimum Gasteiger partial charge on any atom is -0.480 e. The number of H-pyrrole nitrogens is 1. The van der Waals surface area contributed by atoms with Gasteiger partial charge in [0.25, 0.3) is 0 Å². The molecule has 0 aliphatic rings. The van der Waals surface area contributed by atoms with Crippen LogP contribution in [0.1, 0.15) is 26.0 Å². The molecule has 0 fully saturated rings. The highest BCUT2D eigenvalue weighted by atomic mass is 32.1. The molecule has 174 valence electrons. The van der Waals surface area contributed by atoms with Gasteiger partial charge in [-0.25, -0.2) is 9.78 Å². The van der Waals surface area contributed by atoms with Crippen molar-refractivity contribution >= 4 is 36.3 Å². The lowest BCUT2D eigenvalue weighted by Crippen LogP contribution is -2.58. The Bertz CT molecular complexity index is 744. The fourth-order valence-electron chi connectivity index (χ4n) is 2.63. The minimum atomic E-state index is -1.34. The van der Waals surface area contributed by atoms with Crippen molar-refractivity contribution in [2.45, 2.75) is 50.9 Å². The highest BCUT2D eigenvalue weighted by molar-refractivity contribution is 7.80. The third-order valence-electron chi connectivity index (χ3n) is 4.28. The first-order valence-electron chi connectivity index (χ1n) is 9.67. The van der Waals surface area contributed by atoms with Gasteiger partial charge in [-0.2, -0.15) is 12.6 Å². The van der Waals surface area contributed by atoms with Gasteiger partial charge in [0.2, 0.25) is 17.7 Å². The summed E-state index contributed by atoms with van der Waals surface area (Å²) in [4.78, 5) is 55.1. The molecule has 0 radical (unpaired) electrons. The number of carboxylic acids is 1. The number of amides is 3. The Morgan fingerprint density at radius 2 is 1.68 bits per heavy atom. The van der Waals surface area contributed by atoms with Crippen LogP contribution in [-0.2, 0) is 25.6 Å². The van der Waals surface area contributed by atoms with Gasteiger partial charge >= 0.3 is 5.97 Å². The molecule has 0 aliphatic heterocycles. The van der Waals surface area contributed by atoms with E-state index in [1.807, 2.05) is 13.8 Å². The molecule has 0 spiro atoms. The van der Waals surface area contributed by atoms with Gasteiger partial charge in [0, 0.05) is 24.1 Å². The molecular formula is C18H30N6O6S. The van der Waals surface area contributed by atoms with Crippen LogP contribution in [0, 0.1) is 5.92 Å². The van der Waals surface area contributed by atoms with Crippen LogP contribution in [0.5, 0.6) is 0 Å². The lowest BCUT2D eigenvalue weighted by molar-refractivity contribution is -0.141. The van der Waals surface area contributed by atoms with E-state index in [4.69, 9.17) is 10.8 Å². The summed E-state index contributed by atoms with van der Waals surface area (Å²) in [5.41, 5.74) is 6.45. The molecular weight excluding hydrogens is 428 g/mol. The molecule has 0 saturated heterocycles. The molecule has 4 atom stereocenters. The molecule has 4 unspecified atom stereocenters. The summed E-state index contributed by atoms with van der Waals surface area (Å²) in [7, 11) is 0. The lowest BCUT2D eigenvalue weighted by atomic mass is 10.0. The van der Waals surface area contributed by atoms with Crippen molar-refractivity contribution in [1.29, 1.82) is 0 Å². The fourth-order valence-corrected chi connectivity index (χ4v) is 2.88. The van der Waals surface area contributed by atoms with Crippen LogP contribution in [-0.4, -0.2) is 80.4 Å². The van der Waals surface area contributed by atoms with E-state index >= 15 is 0 Å². The van der Waals surface area contributed by atoms with E-state index < -0.39 is 54.5 Å². The summed E-state index contributed by atoms with van der Waals surface area (Å²) in [6, 6.07) is -4.64. The first kappa shape index (κ1) is 26.4. The Morgan fingerprint density at radius 1 is 1.10 bits per heavy atom. The van der Waals surface area contributed by atoms with Gasteiger partial charge < -0.3 is 36.9 Å². The number of thiol groups is 1. The van der Waals surface area contributed by atoms with Crippen LogP contribution in [0.2, 0.25) is 0 Å². The Kier molecular flexibility index (Phi) is 11.0. The van der Waals surface area contributed by atoms with Crippen molar-refractivity contribution in [3.05, 3.63) is 18.2 Å². The first-order chi connectivity index (χ1) is 14.6. The maximum atomic E-state index is 12.6. The van der Waals surface area contributed by atoms with Gasteiger partial charge in [0.15, 0.2) is 0 Å². The summed E-state index contributed by atoms with van der Waals surface area (Å²) in [5.74, 6) is -3.59. The van der Waals surface area contributed by atoms with Crippen molar-refractivity contribution in [2.75, 3.05) is 12.4 Å². The topological polar surface area (TPSA) is 200 Å². The summed E-state index contributed by atoms with van der Waals surface area (Å²) in [6.07, 6.45) is 3.30. The van der Waals surface area contributed by atoms with Crippen LogP contribution in [0.25, 0.3) is 0 Å². The quantitative estimate of drug-likeness (QED) is 0.152. The van der Waals surface area contributed by atoms with E-state index in [1.165, 1.54) is 12.5 Å². The second kappa shape index (κ2) is 12.9. The number of rotatable bonds is 13. The molecule has 1 heterocycles. The Hall–Kier alpha value is -2.64. The van der Waals surface area contributed by atoms with Crippen molar-refractivity contribution in [3.63, 3.8) is 0 Å². The molecule has 3 amide bonds. The van der Waals surface area contributed by atoms with Gasteiger partial charge in [-0.05, 0) is 12.3 Å². The van der Waals surface area contributed by atoms with E-state index in [1.54, 1.807) is 0 Å². The molecule has 0 aliphatic carbocycles. The lowest BCUT2D eigenvalue weighted by Gasteiger charge is -2.25. The first-order valence-corrected chi connectivity index (χ1v) is 10.3. The SMILES string of the molecule is CC(C)CC(NC(=O)C(CO)NC(=O)C(N)Cc1cnc[nH]1)C(=O)NC(CS)C(=O)O. The standard InChI is InChI=1S/C18H30N6O6S/c1-9(2)3-12(16(27)24-14(7-31)18(29)30)22-17(28)13(6-25)23-15(26)11(19)4-10-5-20-8-21-10/h5,8-9,11-14,25,31H,3-4,6-7,19H2,1-2H3,(H,20,21)(H,22,28)(H,23,26)(H,24,27)(H,29,30). The van der Waals surface area contributed by atoms with Crippen molar-refractivity contribution in [1.82, 2.24) is 25.9 Å². The van der Waals surface area contributed by atoms with Crippen LogP contribution < -0.4 is 21.7 Å². The van der Waals surface area contributed by atoms with E-state index in [2.05, 4.69) is 38.5 Å². The number of aromatic nitrogens is 2. The number of carbonyl (C=O) groups is 4. The number of aromatic amines is 1. The van der Waals surface area contributed by atoms with E-state index in [0.717, 1.165) is 0 Å². The van der Waals surface area contributed by atoms with Crippen LogP contribution in [0.15, 0.2) is 12.5 Å². The number of carbonyl (C=O) groups excluding carboxylic acids is 3. The van der Waals surface area contributed by atoms with Gasteiger partial charge in [-0.15, -0.1) is 0 Å². The molecule has 31 heavy (non-hydrogen) atoms. The molecule has 8 N–H and O–H groups in total. The molecule has 1 aromatic heterocycles. The second-order valence-electron chi connectivity index (χ2n) is 7.40. The maximum absolute atomic E-state index is 12.6. The molecule has 1 aromatic rings. The van der Waals surface area contributed by atoms with Gasteiger partial charge in [0.05, 0.1) is 19.0 Å². The second-order valence-corrected chi connectivity index (χ2v) is 7.77. The zero-order valence-electron chi connectivity index (χ0n) is 17.4. The Labute approximate surface area is 185 Å². The fraction of sp³-hybridized carbons (Fsp3) is 0.611. The molecule has 0 bridgehead atoms. The van der Waals surface area contributed by atoms with Crippen molar-refractivity contribution < 1.29 is 29.4 Å². The summed E-state index contributed by atoms with van der Waals surface area (Å²) in [6.45, 7) is 2.91. The number of aliphatic carboxylic acids is 1. The molecule has 12 nitrogen and oxygen atoms in total. The van der Waals surface area contributed by atoms with Crippen LogP contribution in [0.3, 0.4) is 0 Å². The zero-order chi connectivity index (χ0) is 23.6. The Morgan fingerprint density at radius 3 is 2.16 bits per heavy atom. The Balaban J connectivity index is 2.77. The summed E-state index contributed by atoms with van der Waals surface area (Å²) < 4.78 is 0. The maximum Gasteiger partial charge on any atom is 0.327 e. The van der Waals surface area contributed by atoms with Crippen molar-refractivity contribution in [2.24, 2.45) is 11.7 Å². The smallest absolute Gasteiger partial charge is 0.327 e. The van der Waals surface area contributed by atoms with E-state index in [9.17, 15) is 24.3 Å². The highest BCUT2D eigenvalue weighted by Gasteiger charge is 2.30. The molecule has 1 rings (SSSR count). The predicted octanol–water partition coefficient (Wildman–Crippen LogP) is -2.21. The van der Waals surface area contributed by atoms with Crippen LogP contribution in [0.4, 0.5) is 0 Å². The number of aliphatic hydroxyl groups excluding tert-OH is 1. The number of aliphatic hydroxyl groups is 1. The largest absolute Gasteiger partial charge is 0.480 e. The van der Waals surface area contributed by atoms with E-state index in [0.29, 0.717) is 5.69 Å². The zero-order valence-corrected chi connectivity index (χ0v) is 18.3. The van der Waals surface area contributed by atoms with E-state index in [-0.39, 0.29) is 24.5 Å². The molecule has 0 saturated carbocycles.